The number of thiazole rings is 1. The van der Waals surface area contributed by atoms with E-state index in [9.17, 15) is 0 Å². The quantitative estimate of drug-likeness (QED) is 0.781. The van der Waals surface area contributed by atoms with Gasteiger partial charge in [0, 0.05) is 24.4 Å². The van der Waals surface area contributed by atoms with Crippen LogP contribution in [0, 0.1) is 0 Å². The lowest BCUT2D eigenvalue weighted by Gasteiger charge is -2.01. The van der Waals surface area contributed by atoms with Crippen molar-refractivity contribution in [3.8, 4) is 0 Å². The molecule has 1 aliphatic heterocycles. The van der Waals surface area contributed by atoms with Crippen molar-refractivity contribution in [1.82, 2.24) is 10.3 Å². The van der Waals surface area contributed by atoms with E-state index in [4.69, 9.17) is 4.74 Å². The van der Waals surface area contributed by atoms with Crippen molar-refractivity contribution in [1.29, 1.82) is 0 Å². The third-order valence-corrected chi connectivity index (χ3v) is 3.64. The highest BCUT2D eigenvalue weighted by Crippen LogP contribution is 2.27. The van der Waals surface area contributed by atoms with Gasteiger partial charge in [0.2, 0.25) is 0 Å². The third-order valence-electron chi connectivity index (χ3n) is 2.58. The van der Waals surface area contributed by atoms with Crippen LogP contribution in [0.25, 0.3) is 0 Å². The summed E-state index contributed by atoms with van der Waals surface area (Å²) < 4.78 is 5.37. The lowest BCUT2D eigenvalue weighted by atomic mass is 10.1. The first kappa shape index (κ1) is 11.0. The molecule has 1 saturated heterocycles. The zero-order valence-electron chi connectivity index (χ0n) is 9.16. The fraction of sp³-hybridized carbons (Fsp3) is 0.727. The van der Waals surface area contributed by atoms with Gasteiger partial charge in [-0.1, -0.05) is 6.92 Å². The topological polar surface area (TPSA) is 34.1 Å². The second-order valence-corrected chi connectivity index (χ2v) is 4.80. The molecule has 1 aliphatic rings. The highest BCUT2D eigenvalue weighted by Gasteiger charge is 2.20. The molecule has 0 bridgehead atoms. The van der Waals surface area contributed by atoms with E-state index in [0.717, 1.165) is 32.7 Å². The van der Waals surface area contributed by atoms with Crippen molar-refractivity contribution in [3.05, 3.63) is 16.1 Å². The molecule has 1 aromatic rings. The van der Waals surface area contributed by atoms with Gasteiger partial charge in [0.05, 0.1) is 17.3 Å². The Morgan fingerprint density at radius 3 is 3.33 bits per heavy atom. The molecule has 3 nitrogen and oxygen atoms in total. The van der Waals surface area contributed by atoms with Crippen molar-refractivity contribution in [2.24, 2.45) is 0 Å². The summed E-state index contributed by atoms with van der Waals surface area (Å²) in [5.41, 5.74) is 1.18. The van der Waals surface area contributed by atoms with Crippen molar-refractivity contribution in [2.45, 2.75) is 32.2 Å². The van der Waals surface area contributed by atoms with Gasteiger partial charge in [-0.25, -0.2) is 4.98 Å². The van der Waals surface area contributed by atoms with Crippen LogP contribution < -0.4 is 5.32 Å². The third kappa shape index (κ3) is 3.00. The van der Waals surface area contributed by atoms with Crippen LogP contribution in [0.15, 0.2) is 5.38 Å². The van der Waals surface area contributed by atoms with Crippen LogP contribution >= 0.6 is 11.3 Å². The highest BCUT2D eigenvalue weighted by molar-refractivity contribution is 7.09. The van der Waals surface area contributed by atoms with E-state index < -0.39 is 0 Å². The minimum atomic E-state index is 0.551. The number of ether oxygens (including phenoxy) is 1. The van der Waals surface area contributed by atoms with Gasteiger partial charge in [0.25, 0.3) is 0 Å². The molecule has 0 aromatic carbocycles. The predicted octanol–water partition coefficient (Wildman–Crippen LogP) is 2.15. The van der Waals surface area contributed by atoms with E-state index in [1.807, 2.05) is 0 Å². The van der Waals surface area contributed by atoms with E-state index in [-0.39, 0.29) is 0 Å². The molecule has 0 aliphatic carbocycles. The molecule has 1 atom stereocenters. The van der Waals surface area contributed by atoms with Crippen LogP contribution in [-0.2, 0) is 11.3 Å². The SMILES string of the molecule is CCCNCc1csc(C2CCOC2)n1. The van der Waals surface area contributed by atoms with E-state index in [1.165, 1.54) is 17.1 Å². The number of nitrogens with one attached hydrogen (secondary N) is 1. The normalized spacial score (nSPS) is 21.0. The minimum Gasteiger partial charge on any atom is -0.381 e. The number of nitrogens with zero attached hydrogens (tertiary/aromatic N) is 1. The molecule has 0 saturated carbocycles. The Hall–Kier alpha value is -0.450. The van der Waals surface area contributed by atoms with Crippen molar-refractivity contribution in [3.63, 3.8) is 0 Å². The number of hydrogen-bond donors (Lipinski definition) is 1. The summed E-state index contributed by atoms with van der Waals surface area (Å²) in [5, 5.41) is 6.78. The molecule has 1 fully saturated rings. The lowest BCUT2D eigenvalue weighted by molar-refractivity contribution is 0.194. The van der Waals surface area contributed by atoms with E-state index in [1.54, 1.807) is 11.3 Å². The van der Waals surface area contributed by atoms with Gasteiger partial charge in [-0.2, -0.15) is 0 Å². The van der Waals surface area contributed by atoms with Crippen LogP contribution in [-0.4, -0.2) is 24.7 Å². The second kappa shape index (κ2) is 5.58. The average Bonchev–Trinajstić information content (AvgIpc) is 2.87. The fourth-order valence-electron chi connectivity index (χ4n) is 1.71. The van der Waals surface area contributed by atoms with Crippen LogP contribution in [0.3, 0.4) is 0 Å². The molecule has 84 valence electrons. The Morgan fingerprint density at radius 2 is 2.60 bits per heavy atom. The molecule has 2 heterocycles. The van der Waals surface area contributed by atoms with Gasteiger partial charge < -0.3 is 10.1 Å². The van der Waals surface area contributed by atoms with Crippen molar-refractivity contribution < 1.29 is 4.74 Å². The van der Waals surface area contributed by atoms with Gasteiger partial charge >= 0.3 is 0 Å². The molecule has 1 N–H and O–H groups in total. The van der Waals surface area contributed by atoms with Crippen molar-refractivity contribution in [2.75, 3.05) is 19.8 Å². The number of aromatic nitrogens is 1. The Kier molecular flexibility index (Phi) is 4.11. The zero-order valence-corrected chi connectivity index (χ0v) is 9.98. The molecule has 4 heteroatoms. The maximum absolute atomic E-state index is 5.37. The first-order valence-electron chi connectivity index (χ1n) is 5.63. The molecule has 0 spiro atoms. The van der Waals surface area contributed by atoms with Crippen LogP contribution in [0.1, 0.15) is 36.4 Å². The molecular formula is C11H18N2OS. The van der Waals surface area contributed by atoms with Gasteiger partial charge in [-0.15, -0.1) is 11.3 Å². The molecule has 0 radical (unpaired) electrons. The summed E-state index contributed by atoms with van der Waals surface area (Å²) in [4.78, 5) is 4.64. The number of rotatable bonds is 5. The average molecular weight is 226 g/mol. The first-order chi connectivity index (χ1) is 7.40. The maximum Gasteiger partial charge on any atom is 0.0983 e. The van der Waals surface area contributed by atoms with Gasteiger partial charge in [-0.05, 0) is 19.4 Å². The standard InChI is InChI=1S/C11H18N2OS/c1-2-4-12-6-10-8-15-11(13-10)9-3-5-14-7-9/h8-9,12H,2-7H2,1H3. The summed E-state index contributed by atoms with van der Waals surface area (Å²) in [6.07, 6.45) is 2.31. The minimum absolute atomic E-state index is 0.551. The summed E-state index contributed by atoms with van der Waals surface area (Å²) in [5.74, 6) is 0.551. The Balaban J connectivity index is 1.86. The summed E-state index contributed by atoms with van der Waals surface area (Å²) in [7, 11) is 0. The van der Waals surface area contributed by atoms with E-state index >= 15 is 0 Å². The monoisotopic (exact) mass is 226 g/mol. The fourth-order valence-corrected chi connectivity index (χ4v) is 2.65. The predicted molar refractivity (Wildman–Crippen MR) is 62.3 cm³/mol. The Bertz CT molecular complexity index is 295. The Morgan fingerprint density at radius 1 is 1.67 bits per heavy atom. The molecule has 2 rings (SSSR count). The second-order valence-electron chi connectivity index (χ2n) is 3.91. The highest BCUT2D eigenvalue weighted by atomic mass is 32.1. The molecule has 1 aromatic heterocycles. The lowest BCUT2D eigenvalue weighted by Crippen LogP contribution is -2.14. The summed E-state index contributed by atoms with van der Waals surface area (Å²) >= 11 is 1.77. The Labute approximate surface area is 94.9 Å². The summed E-state index contributed by atoms with van der Waals surface area (Å²) in [6, 6.07) is 0. The van der Waals surface area contributed by atoms with Crippen LogP contribution in [0.5, 0.6) is 0 Å². The smallest absolute Gasteiger partial charge is 0.0983 e. The maximum atomic E-state index is 5.37. The molecule has 0 amide bonds. The molecular weight excluding hydrogens is 208 g/mol. The first-order valence-corrected chi connectivity index (χ1v) is 6.51. The van der Waals surface area contributed by atoms with E-state index in [0.29, 0.717) is 5.92 Å². The van der Waals surface area contributed by atoms with E-state index in [2.05, 4.69) is 22.6 Å². The van der Waals surface area contributed by atoms with Crippen LogP contribution in [0.2, 0.25) is 0 Å². The largest absolute Gasteiger partial charge is 0.381 e. The zero-order chi connectivity index (χ0) is 10.5. The summed E-state index contributed by atoms with van der Waals surface area (Å²) in [6.45, 7) is 5.90. The number of hydrogen-bond acceptors (Lipinski definition) is 4. The molecule has 1 unspecified atom stereocenters. The van der Waals surface area contributed by atoms with Crippen molar-refractivity contribution >= 4 is 11.3 Å². The van der Waals surface area contributed by atoms with Crippen LogP contribution in [0.4, 0.5) is 0 Å². The van der Waals surface area contributed by atoms with Gasteiger partial charge in [0.15, 0.2) is 0 Å². The van der Waals surface area contributed by atoms with Gasteiger partial charge in [0.1, 0.15) is 0 Å². The molecule has 15 heavy (non-hydrogen) atoms. The van der Waals surface area contributed by atoms with Gasteiger partial charge in [-0.3, -0.25) is 0 Å².